The molecule has 1 aromatic carbocycles. The second-order valence-electron chi connectivity index (χ2n) is 9.11. The van der Waals surface area contributed by atoms with Crippen LogP contribution in [0.1, 0.15) is 31.4 Å². The first-order valence-electron chi connectivity index (χ1n) is 10.9. The standard InChI is InChI=1S/C23H36N4O2/c1-17-12-18(2)14-26(13-17)16-22(29)27-10-8-25(9-11-27)15-21(28)24-23-19(3)6-5-7-20(23)4/h5-7,17-18H,8-16H2,1-4H3,(H,24,28)/t17-,18+. The minimum absolute atomic E-state index is 0.0125. The molecule has 0 radical (unpaired) electrons. The van der Waals surface area contributed by atoms with Crippen LogP contribution in [0.3, 0.4) is 0 Å². The summed E-state index contributed by atoms with van der Waals surface area (Å²) in [6.07, 6.45) is 1.26. The van der Waals surface area contributed by atoms with Crippen LogP contribution in [0.5, 0.6) is 0 Å². The molecule has 0 aromatic heterocycles. The number of piperidine rings is 1. The number of hydrogen-bond acceptors (Lipinski definition) is 4. The van der Waals surface area contributed by atoms with Gasteiger partial charge < -0.3 is 10.2 Å². The molecule has 0 spiro atoms. The molecule has 6 heteroatoms. The number of piperazine rings is 1. The number of para-hydroxylation sites is 1. The van der Waals surface area contributed by atoms with Crippen molar-refractivity contribution in [3.05, 3.63) is 29.3 Å². The molecule has 29 heavy (non-hydrogen) atoms. The van der Waals surface area contributed by atoms with Crippen LogP contribution >= 0.6 is 0 Å². The number of amides is 2. The molecule has 2 amide bonds. The van der Waals surface area contributed by atoms with Crippen LogP contribution in [-0.4, -0.2) is 78.9 Å². The summed E-state index contributed by atoms with van der Waals surface area (Å²) in [5, 5.41) is 3.05. The van der Waals surface area contributed by atoms with Gasteiger partial charge in [-0.1, -0.05) is 32.0 Å². The molecule has 0 unspecified atom stereocenters. The molecular weight excluding hydrogens is 364 g/mol. The highest BCUT2D eigenvalue weighted by atomic mass is 16.2. The van der Waals surface area contributed by atoms with E-state index in [0.717, 1.165) is 43.0 Å². The summed E-state index contributed by atoms with van der Waals surface area (Å²) in [4.78, 5) is 31.6. The number of benzene rings is 1. The number of nitrogens with zero attached hydrogens (tertiary/aromatic N) is 3. The number of carbonyl (C=O) groups is 2. The van der Waals surface area contributed by atoms with Gasteiger partial charge in [-0.15, -0.1) is 0 Å². The van der Waals surface area contributed by atoms with Gasteiger partial charge in [0.05, 0.1) is 13.1 Å². The molecule has 0 aliphatic carbocycles. The van der Waals surface area contributed by atoms with Crippen LogP contribution < -0.4 is 5.32 Å². The lowest BCUT2D eigenvalue weighted by molar-refractivity contribution is -0.135. The minimum Gasteiger partial charge on any atom is -0.339 e. The Labute approximate surface area is 175 Å². The molecular formula is C23H36N4O2. The van der Waals surface area contributed by atoms with Crippen molar-refractivity contribution >= 4 is 17.5 Å². The fourth-order valence-electron chi connectivity index (χ4n) is 4.76. The number of aryl methyl sites for hydroxylation is 2. The van der Waals surface area contributed by atoms with Crippen molar-refractivity contribution in [3.8, 4) is 0 Å². The van der Waals surface area contributed by atoms with Gasteiger partial charge in [0.15, 0.2) is 0 Å². The van der Waals surface area contributed by atoms with Gasteiger partial charge >= 0.3 is 0 Å². The Balaban J connectivity index is 1.43. The summed E-state index contributed by atoms with van der Waals surface area (Å²) in [5.41, 5.74) is 3.07. The van der Waals surface area contributed by atoms with Crippen LogP contribution in [-0.2, 0) is 9.59 Å². The summed E-state index contributed by atoms with van der Waals surface area (Å²) >= 11 is 0. The van der Waals surface area contributed by atoms with E-state index in [0.29, 0.717) is 38.0 Å². The van der Waals surface area contributed by atoms with Crippen LogP contribution in [0, 0.1) is 25.7 Å². The van der Waals surface area contributed by atoms with E-state index in [1.54, 1.807) is 0 Å². The van der Waals surface area contributed by atoms with Crippen LogP contribution in [0.15, 0.2) is 18.2 Å². The molecule has 2 aliphatic rings. The van der Waals surface area contributed by atoms with E-state index in [1.165, 1.54) is 6.42 Å². The van der Waals surface area contributed by atoms with E-state index < -0.39 is 0 Å². The van der Waals surface area contributed by atoms with Crippen molar-refractivity contribution in [2.24, 2.45) is 11.8 Å². The van der Waals surface area contributed by atoms with Crippen LogP contribution in [0.4, 0.5) is 5.69 Å². The van der Waals surface area contributed by atoms with Gasteiger partial charge in [-0.25, -0.2) is 0 Å². The fourth-order valence-corrected chi connectivity index (χ4v) is 4.76. The minimum atomic E-state index is 0.0125. The first-order chi connectivity index (χ1) is 13.8. The topological polar surface area (TPSA) is 55.9 Å². The monoisotopic (exact) mass is 400 g/mol. The summed E-state index contributed by atoms with van der Waals surface area (Å²) in [5.74, 6) is 1.57. The number of hydrogen-bond donors (Lipinski definition) is 1. The van der Waals surface area contributed by atoms with Crippen molar-refractivity contribution in [2.45, 2.75) is 34.1 Å². The molecule has 2 fully saturated rings. The van der Waals surface area contributed by atoms with Crippen molar-refractivity contribution in [2.75, 3.05) is 57.7 Å². The molecule has 0 bridgehead atoms. The summed E-state index contributed by atoms with van der Waals surface area (Å²) in [6, 6.07) is 6.02. The Morgan fingerprint density at radius 2 is 1.52 bits per heavy atom. The molecule has 0 saturated carbocycles. The molecule has 1 N–H and O–H groups in total. The average Bonchev–Trinajstić information content (AvgIpc) is 2.64. The molecule has 2 aliphatic heterocycles. The zero-order chi connectivity index (χ0) is 21.0. The molecule has 2 heterocycles. The Morgan fingerprint density at radius 1 is 0.931 bits per heavy atom. The van der Waals surface area contributed by atoms with Gasteiger partial charge in [-0.2, -0.15) is 0 Å². The molecule has 3 rings (SSSR count). The van der Waals surface area contributed by atoms with Crippen molar-refractivity contribution < 1.29 is 9.59 Å². The summed E-state index contributed by atoms with van der Waals surface area (Å²) in [6.45, 7) is 14.4. The van der Waals surface area contributed by atoms with E-state index >= 15 is 0 Å². The maximum absolute atomic E-state index is 12.7. The molecule has 2 saturated heterocycles. The van der Waals surface area contributed by atoms with Gasteiger partial charge in [0.25, 0.3) is 0 Å². The first kappa shape index (κ1) is 21.8. The second-order valence-corrected chi connectivity index (χ2v) is 9.11. The van der Waals surface area contributed by atoms with E-state index in [9.17, 15) is 9.59 Å². The maximum Gasteiger partial charge on any atom is 0.238 e. The van der Waals surface area contributed by atoms with E-state index in [4.69, 9.17) is 0 Å². The maximum atomic E-state index is 12.7. The normalized spacial score (nSPS) is 23.8. The number of likely N-dealkylation sites (tertiary alicyclic amines) is 1. The van der Waals surface area contributed by atoms with Gasteiger partial charge in [0.1, 0.15) is 0 Å². The number of rotatable bonds is 5. The number of carbonyl (C=O) groups excluding carboxylic acids is 2. The summed E-state index contributed by atoms with van der Waals surface area (Å²) in [7, 11) is 0. The van der Waals surface area contributed by atoms with Gasteiger partial charge in [-0.05, 0) is 43.2 Å². The molecule has 1 aromatic rings. The lowest BCUT2D eigenvalue weighted by Gasteiger charge is -2.38. The van der Waals surface area contributed by atoms with Crippen molar-refractivity contribution in [3.63, 3.8) is 0 Å². The third-order valence-corrected chi connectivity index (χ3v) is 6.14. The van der Waals surface area contributed by atoms with E-state index in [2.05, 4.69) is 29.0 Å². The predicted molar refractivity (Wildman–Crippen MR) is 117 cm³/mol. The Bertz CT molecular complexity index is 697. The average molecular weight is 401 g/mol. The Kier molecular flexibility index (Phi) is 7.30. The predicted octanol–water partition coefficient (Wildman–Crippen LogP) is 2.36. The van der Waals surface area contributed by atoms with E-state index in [-0.39, 0.29) is 11.8 Å². The van der Waals surface area contributed by atoms with Crippen molar-refractivity contribution in [1.82, 2.24) is 14.7 Å². The number of nitrogens with one attached hydrogen (secondary N) is 1. The highest BCUT2D eigenvalue weighted by molar-refractivity contribution is 5.93. The zero-order valence-electron chi connectivity index (χ0n) is 18.4. The van der Waals surface area contributed by atoms with Gasteiger partial charge in [0.2, 0.25) is 11.8 Å². The van der Waals surface area contributed by atoms with Crippen LogP contribution in [0.25, 0.3) is 0 Å². The molecule has 6 nitrogen and oxygen atoms in total. The third-order valence-electron chi connectivity index (χ3n) is 6.14. The lowest BCUT2D eigenvalue weighted by atomic mass is 9.92. The van der Waals surface area contributed by atoms with Gasteiger partial charge in [-0.3, -0.25) is 19.4 Å². The molecule has 2 atom stereocenters. The van der Waals surface area contributed by atoms with Crippen molar-refractivity contribution in [1.29, 1.82) is 0 Å². The quantitative estimate of drug-likeness (QED) is 0.824. The second kappa shape index (κ2) is 9.72. The third kappa shape index (κ3) is 6.03. The number of anilines is 1. The fraction of sp³-hybridized carbons (Fsp3) is 0.652. The van der Waals surface area contributed by atoms with E-state index in [1.807, 2.05) is 36.9 Å². The Morgan fingerprint density at radius 3 is 2.10 bits per heavy atom. The van der Waals surface area contributed by atoms with Gasteiger partial charge in [0, 0.05) is 45.0 Å². The largest absolute Gasteiger partial charge is 0.339 e. The Hall–Kier alpha value is -1.92. The first-order valence-corrected chi connectivity index (χ1v) is 10.9. The lowest BCUT2D eigenvalue weighted by Crippen LogP contribution is -2.53. The smallest absolute Gasteiger partial charge is 0.238 e. The highest BCUT2D eigenvalue weighted by Crippen LogP contribution is 2.21. The van der Waals surface area contributed by atoms with Crippen LogP contribution in [0.2, 0.25) is 0 Å². The molecule has 160 valence electrons. The highest BCUT2D eigenvalue weighted by Gasteiger charge is 2.27. The zero-order valence-corrected chi connectivity index (χ0v) is 18.4. The SMILES string of the molecule is Cc1cccc(C)c1NC(=O)CN1CCN(C(=O)CN2C[C@H](C)C[C@H](C)C2)CC1. The summed E-state index contributed by atoms with van der Waals surface area (Å²) < 4.78 is 0.